The van der Waals surface area contributed by atoms with Crippen molar-refractivity contribution in [3.8, 4) is 0 Å². The minimum absolute atomic E-state index is 0.177. The van der Waals surface area contributed by atoms with Crippen molar-refractivity contribution in [2.75, 3.05) is 18.5 Å². The third-order valence-corrected chi connectivity index (χ3v) is 1.99. The molecule has 0 aromatic heterocycles. The molecule has 0 saturated heterocycles. The maximum atomic E-state index is 11.2. The highest BCUT2D eigenvalue weighted by atomic mass is 16.5. The maximum Gasteiger partial charge on any atom is 0.411 e. The zero-order valence-corrected chi connectivity index (χ0v) is 10.1. The minimum Gasteiger partial charge on any atom is -0.461 e. The number of ether oxygens (including phenoxy) is 2. The van der Waals surface area contributed by atoms with Gasteiger partial charge in [0, 0.05) is 19.2 Å². The number of carbonyl (C=O) groups excluding carboxylic acids is 2. The van der Waals surface area contributed by atoms with Crippen LogP contribution in [-0.4, -0.2) is 25.2 Å². The van der Waals surface area contributed by atoms with Crippen LogP contribution in [0, 0.1) is 0 Å². The van der Waals surface area contributed by atoms with Crippen LogP contribution in [0.2, 0.25) is 0 Å². The van der Waals surface area contributed by atoms with E-state index in [0.29, 0.717) is 5.69 Å². The average molecular weight is 252 g/mol. The molecule has 98 valence electrons. The Hall–Kier alpha value is -2.08. The number of esters is 1. The normalized spacial score (nSPS) is 9.67. The van der Waals surface area contributed by atoms with Crippen LogP contribution in [0.5, 0.6) is 0 Å². The van der Waals surface area contributed by atoms with Crippen LogP contribution in [0.25, 0.3) is 0 Å². The van der Waals surface area contributed by atoms with Gasteiger partial charge >= 0.3 is 12.1 Å². The van der Waals surface area contributed by atoms with Crippen molar-refractivity contribution in [2.24, 2.45) is 5.73 Å². The molecule has 1 rings (SSSR count). The van der Waals surface area contributed by atoms with E-state index in [2.05, 4.69) is 5.32 Å². The number of hydrogen-bond acceptors (Lipinski definition) is 5. The number of carbonyl (C=O) groups is 2. The van der Waals surface area contributed by atoms with Crippen LogP contribution in [0.1, 0.15) is 12.5 Å². The van der Waals surface area contributed by atoms with Gasteiger partial charge in [-0.3, -0.25) is 10.1 Å². The predicted molar refractivity (Wildman–Crippen MR) is 65.9 cm³/mol. The van der Waals surface area contributed by atoms with Crippen LogP contribution >= 0.6 is 0 Å². The molecule has 0 spiro atoms. The van der Waals surface area contributed by atoms with Crippen molar-refractivity contribution >= 4 is 17.7 Å². The van der Waals surface area contributed by atoms with Crippen LogP contribution in [0.4, 0.5) is 10.5 Å². The molecular weight excluding hydrogens is 236 g/mol. The molecule has 0 fully saturated rings. The van der Waals surface area contributed by atoms with E-state index in [1.807, 2.05) is 0 Å². The van der Waals surface area contributed by atoms with Gasteiger partial charge in [0.15, 0.2) is 0 Å². The van der Waals surface area contributed by atoms with Crippen LogP contribution in [0.15, 0.2) is 24.3 Å². The van der Waals surface area contributed by atoms with E-state index in [9.17, 15) is 9.59 Å². The maximum absolute atomic E-state index is 11.2. The fourth-order valence-electron chi connectivity index (χ4n) is 1.17. The molecule has 0 unspecified atom stereocenters. The molecule has 0 aliphatic heterocycles. The Balaban J connectivity index is 2.44. The molecule has 18 heavy (non-hydrogen) atoms. The summed E-state index contributed by atoms with van der Waals surface area (Å²) in [6.07, 6.45) is -0.548. The summed E-state index contributed by atoms with van der Waals surface area (Å²) in [4.78, 5) is 21.8. The van der Waals surface area contributed by atoms with Crippen LogP contribution in [0.3, 0.4) is 0 Å². The van der Waals surface area contributed by atoms with Crippen molar-refractivity contribution in [2.45, 2.75) is 13.5 Å². The molecule has 6 nitrogen and oxygen atoms in total. The van der Waals surface area contributed by atoms with Gasteiger partial charge in [-0.05, 0) is 17.7 Å². The molecule has 6 heteroatoms. The van der Waals surface area contributed by atoms with E-state index in [1.54, 1.807) is 24.3 Å². The zero-order valence-electron chi connectivity index (χ0n) is 10.1. The molecule has 1 amide bonds. The number of benzene rings is 1. The van der Waals surface area contributed by atoms with Gasteiger partial charge in [-0.2, -0.15) is 0 Å². The first-order chi connectivity index (χ1) is 8.61. The molecular formula is C12H16N2O4. The Kier molecular flexibility index (Phi) is 5.66. The Morgan fingerprint density at radius 2 is 1.89 bits per heavy atom. The topological polar surface area (TPSA) is 90.6 Å². The largest absolute Gasteiger partial charge is 0.461 e. The number of nitrogens with one attached hydrogen (secondary N) is 1. The lowest BCUT2D eigenvalue weighted by atomic mass is 10.2. The second-order valence-corrected chi connectivity index (χ2v) is 3.53. The van der Waals surface area contributed by atoms with Crippen LogP contribution < -0.4 is 11.1 Å². The first-order valence-electron chi connectivity index (χ1n) is 5.48. The van der Waals surface area contributed by atoms with Gasteiger partial charge in [0.05, 0.1) is 0 Å². The fourth-order valence-corrected chi connectivity index (χ4v) is 1.17. The summed E-state index contributed by atoms with van der Waals surface area (Å²) in [6, 6.07) is 6.90. The summed E-state index contributed by atoms with van der Waals surface area (Å²) in [5.41, 5.74) is 6.64. The second kappa shape index (κ2) is 7.29. The monoisotopic (exact) mass is 252 g/mol. The molecule has 0 radical (unpaired) electrons. The Bertz CT molecular complexity index is 403. The van der Waals surface area contributed by atoms with Gasteiger partial charge in [-0.1, -0.05) is 12.1 Å². The van der Waals surface area contributed by atoms with Gasteiger partial charge in [0.1, 0.15) is 13.2 Å². The molecule has 1 aromatic carbocycles. The third-order valence-electron chi connectivity index (χ3n) is 1.99. The molecule has 0 aliphatic carbocycles. The van der Waals surface area contributed by atoms with E-state index >= 15 is 0 Å². The standard InChI is InChI=1S/C12H16N2O4/c1-9(15)18-8-10-2-4-11(5-3-10)14-12(16)17-7-6-13/h2-5H,6-8,13H2,1H3,(H,14,16). The highest BCUT2D eigenvalue weighted by molar-refractivity contribution is 5.84. The first kappa shape index (κ1) is 14.0. The molecule has 0 saturated carbocycles. The zero-order chi connectivity index (χ0) is 13.4. The number of rotatable bonds is 5. The summed E-state index contributed by atoms with van der Waals surface area (Å²) >= 11 is 0. The minimum atomic E-state index is -0.548. The molecule has 0 atom stereocenters. The quantitative estimate of drug-likeness (QED) is 0.770. The molecule has 3 N–H and O–H groups in total. The lowest BCUT2D eigenvalue weighted by molar-refractivity contribution is -0.142. The molecule has 0 heterocycles. The fraction of sp³-hybridized carbons (Fsp3) is 0.333. The average Bonchev–Trinajstić information content (AvgIpc) is 2.35. The second-order valence-electron chi connectivity index (χ2n) is 3.53. The van der Waals surface area contributed by atoms with Gasteiger partial charge in [-0.25, -0.2) is 4.79 Å². The summed E-state index contributed by atoms with van der Waals surface area (Å²) in [6.45, 7) is 2.03. The van der Waals surface area contributed by atoms with E-state index in [0.717, 1.165) is 5.56 Å². The number of anilines is 1. The lowest BCUT2D eigenvalue weighted by Crippen LogP contribution is -2.18. The Labute approximate surface area is 105 Å². The van der Waals surface area contributed by atoms with Crippen molar-refractivity contribution < 1.29 is 19.1 Å². The third kappa shape index (κ3) is 5.31. The predicted octanol–water partition coefficient (Wildman–Crippen LogP) is 1.26. The van der Waals surface area contributed by atoms with E-state index in [4.69, 9.17) is 15.2 Å². The van der Waals surface area contributed by atoms with Crippen molar-refractivity contribution in [3.63, 3.8) is 0 Å². The number of nitrogens with two attached hydrogens (primary N) is 1. The molecule has 0 bridgehead atoms. The van der Waals surface area contributed by atoms with Crippen LogP contribution in [-0.2, 0) is 20.9 Å². The van der Waals surface area contributed by atoms with Crippen molar-refractivity contribution in [3.05, 3.63) is 29.8 Å². The highest BCUT2D eigenvalue weighted by Crippen LogP contribution is 2.10. The van der Waals surface area contributed by atoms with Crippen molar-refractivity contribution in [1.29, 1.82) is 0 Å². The molecule has 1 aromatic rings. The summed E-state index contributed by atoms with van der Waals surface area (Å²) in [7, 11) is 0. The summed E-state index contributed by atoms with van der Waals surface area (Å²) in [5.74, 6) is -0.331. The SMILES string of the molecule is CC(=O)OCc1ccc(NC(=O)OCCN)cc1. The Morgan fingerprint density at radius 1 is 1.22 bits per heavy atom. The van der Waals surface area contributed by atoms with Gasteiger partial charge < -0.3 is 15.2 Å². The van der Waals surface area contributed by atoms with E-state index in [-0.39, 0.29) is 25.7 Å². The Morgan fingerprint density at radius 3 is 2.44 bits per heavy atom. The highest BCUT2D eigenvalue weighted by Gasteiger charge is 2.02. The molecule has 0 aliphatic rings. The van der Waals surface area contributed by atoms with Gasteiger partial charge in [-0.15, -0.1) is 0 Å². The first-order valence-corrected chi connectivity index (χ1v) is 5.48. The van der Waals surface area contributed by atoms with E-state index < -0.39 is 6.09 Å². The lowest BCUT2D eigenvalue weighted by Gasteiger charge is -2.07. The smallest absolute Gasteiger partial charge is 0.411 e. The number of hydrogen-bond donors (Lipinski definition) is 2. The van der Waals surface area contributed by atoms with E-state index in [1.165, 1.54) is 6.92 Å². The number of amides is 1. The van der Waals surface area contributed by atoms with Gasteiger partial charge in [0.2, 0.25) is 0 Å². The summed E-state index contributed by atoms with van der Waals surface area (Å²) < 4.78 is 9.60. The van der Waals surface area contributed by atoms with Crippen molar-refractivity contribution in [1.82, 2.24) is 0 Å². The summed E-state index contributed by atoms with van der Waals surface area (Å²) in [5, 5.41) is 2.54. The van der Waals surface area contributed by atoms with Gasteiger partial charge in [0.25, 0.3) is 0 Å².